The third kappa shape index (κ3) is 6.68. The van der Waals surface area contributed by atoms with Crippen molar-refractivity contribution in [1.82, 2.24) is 5.32 Å². The van der Waals surface area contributed by atoms with Crippen molar-refractivity contribution in [2.45, 2.75) is 46.3 Å². The lowest BCUT2D eigenvalue weighted by Crippen LogP contribution is -2.46. The molecule has 0 aliphatic heterocycles. The first-order valence-corrected chi connectivity index (χ1v) is 7.69. The fourth-order valence-electron chi connectivity index (χ4n) is 1.73. The Morgan fingerprint density at radius 2 is 1.71 bits per heavy atom. The van der Waals surface area contributed by atoms with Crippen molar-refractivity contribution >= 4 is 23.7 Å². The van der Waals surface area contributed by atoms with E-state index in [-0.39, 0.29) is 18.1 Å². The molecular formula is C17H24N2O5. The highest BCUT2D eigenvalue weighted by atomic mass is 16.6. The molecule has 0 unspecified atom stereocenters. The summed E-state index contributed by atoms with van der Waals surface area (Å²) in [7, 11) is 0. The normalized spacial score (nSPS) is 12.0. The minimum atomic E-state index is -0.908. The molecule has 7 heteroatoms. The van der Waals surface area contributed by atoms with Gasteiger partial charge in [-0.15, -0.1) is 0 Å². The van der Waals surface area contributed by atoms with Crippen molar-refractivity contribution in [2.75, 3.05) is 11.9 Å². The number of anilines is 1. The van der Waals surface area contributed by atoms with E-state index in [0.717, 1.165) is 0 Å². The number of esters is 1. The monoisotopic (exact) mass is 336 g/mol. The molecule has 24 heavy (non-hydrogen) atoms. The molecule has 1 atom stereocenters. The second kappa shape index (κ2) is 8.33. The van der Waals surface area contributed by atoms with Gasteiger partial charge in [0, 0.05) is 11.2 Å². The number of carbonyl (C=O) groups is 3. The molecule has 0 saturated heterocycles. The summed E-state index contributed by atoms with van der Waals surface area (Å²) in [6.07, 6.45) is -1.48. The molecular weight excluding hydrogens is 312 g/mol. The van der Waals surface area contributed by atoms with Crippen LogP contribution in [0.3, 0.4) is 0 Å². The van der Waals surface area contributed by atoms with Crippen LogP contribution in [0.5, 0.6) is 0 Å². The lowest BCUT2D eigenvalue weighted by molar-refractivity contribution is -0.130. The minimum Gasteiger partial charge on any atom is -0.450 e. The van der Waals surface area contributed by atoms with E-state index in [4.69, 9.17) is 9.47 Å². The van der Waals surface area contributed by atoms with Gasteiger partial charge in [0.2, 0.25) is 0 Å². The summed E-state index contributed by atoms with van der Waals surface area (Å²) in [5, 5.41) is 5.26. The van der Waals surface area contributed by atoms with Crippen molar-refractivity contribution in [3.05, 3.63) is 29.8 Å². The Kier molecular flexibility index (Phi) is 6.76. The largest absolute Gasteiger partial charge is 0.450 e. The molecule has 2 N–H and O–H groups in total. The predicted molar refractivity (Wildman–Crippen MR) is 89.9 cm³/mol. The summed E-state index contributed by atoms with van der Waals surface area (Å²) in [6.45, 7) is 9.01. The summed E-state index contributed by atoms with van der Waals surface area (Å²) in [4.78, 5) is 35.3. The van der Waals surface area contributed by atoms with E-state index in [1.54, 1.807) is 19.1 Å². The second-order valence-corrected chi connectivity index (χ2v) is 6.21. The number of ether oxygens (including phenoxy) is 2. The Bertz CT molecular complexity index is 590. The molecule has 0 heterocycles. The average Bonchev–Trinajstić information content (AvgIpc) is 2.46. The molecule has 0 spiro atoms. The van der Waals surface area contributed by atoms with Crippen LogP contribution in [0, 0.1) is 0 Å². The Morgan fingerprint density at radius 1 is 1.12 bits per heavy atom. The van der Waals surface area contributed by atoms with Crippen molar-refractivity contribution in [2.24, 2.45) is 0 Å². The van der Waals surface area contributed by atoms with E-state index in [9.17, 15) is 14.4 Å². The predicted octanol–water partition coefficient (Wildman–Crippen LogP) is 2.72. The van der Waals surface area contributed by atoms with Gasteiger partial charge in [-0.2, -0.15) is 0 Å². The molecule has 0 radical (unpaired) electrons. The summed E-state index contributed by atoms with van der Waals surface area (Å²) < 4.78 is 9.90. The summed E-state index contributed by atoms with van der Waals surface area (Å²) >= 11 is 0. The highest BCUT2D eigenvalue weighted by molar-refractivity contribution is 5.93. The molecule has 0 bridgehead atoms. The Hall–Kier alpha value is -2.57. The molecule has 0 saturated carbocycles. The molecule has 1 aromatic rings. The lowest BCUT2D eigenvalue weighted by Gasteiger charge is -2.23. The molecule has 0 aliphatic rings. The molecule has 0 aromatic heterocycles. The topological polar surface area (TPSA) is 93.7 Å². The fourth-order valence-corrected chi connectivity index (χ4v) is 1.73. The number of hydrogen-bond donors (Lipinski definition) is 2. The highest BCUT2D eigenvalue weighted by Gasteiger charge is 2.22. The quantitative estimate of drug-likeness (QED) is 0.806. The van der Waals surface area contributed by atoms with Crippen LogP contribution in [0.1, 0.15) is 45.0 Å². The Balaban J connectivity index is 2.62. The van der Waals surface area contributed by atoms with Gasteiger partial charge in [0.15, 0.2) is 6.10 Å². The smallest absolute Gasteiger partial charge is 0.411 e. The second-order valence-electron chi connectivity index (χ2n) is 6.21. The van der Waals surface area contributed by atoms with Gasteiger partial charge in [0.25, 0.3) is 5.91 Å². The zero-order valence-electron chi connectivity index (χ0n) is 14.6. The van der Waals surface area contributed by atoms with E-state index < -0.39 is 23.7 Å². The van der Waals surface area contributed by atoms with Crippen LogP contribution in [0.2, 0.25) is 0 Å². The van der Waals surface area contributed by atoms with Gasteiger partial charge in [0.1, 0.15) is 0 Å². The van der Waals surface area contributed by atoms with Gasteiger partial charge >= 0.3 is 12.1 Å². The van der Waals surface area contributed by atoms with Crippen molar-refractivity contribution in [1.29, 1.82) is 0 Å². The Labute approximate surface area is 141 Å². The molecule has 1 aromatic carbocycles. The first-order valence-electron chi connectivity index (χ1n) is 7.69. The standard InChI is InChI=1S/C17H24N2O5/c1-6-23-16(22)18-13-9-7-12(8-10-13)15(21)24-11(2)14(20)19-17(3,4)5/h7-11H,6H2,1-5H3,(H,18,22)(H,19,20)/t11-/m1/s1. The lowest BCUT2D eigenvalue weighted by atomic mass is 10.1. The summed E-state index contributed by atoms with van der Waals surface area (Å²) in [5.41, 5.74) is 0.362. The van der Waals surface area contributed by atoms with E-state index in [2.05, 4.69) is 10.6 Å². The fraction of sp³-hybridized carbons (Fsp3) is 0.471. The van der Waals surface area contributed by atoms with Crippen LogP contribution < -0.4 is 10.6 Å². The van der Waals surface area contributed by atoms with Crippen molar-refractivity contribution < 1.29 is 23.9 Å². The average molecular weight is 336 g/mol. The zero-order chi connectivity index (χ0) is 18.3. The van der Waals surface area contributed by atoms with Gasteiger partial charge in [-0.1, -0.05) is 0 Å². The van der Waals surface area contributed by atoms with Gasteiger partial charge < -0.3 is 14.8 Å². The van der Waals surface area contributed by atoms with Gasteiger partial charge in [0.05, 0.1) is 12.2 Å². The van der Waals surface area contributed by atoms with Gasteiger partial charge in [-0.05, 0) is 58.9 Å². The van der Waals surface area contributed by atoms with Crippen molar-refractivity contribution in [3.63, 3.8) is 0 Å². The maximum absolute atomic E-state index is 12.0. The maximum Gasteiger partial charge on any atom is 0.411 e. The van der Waals surface area contributed by atoms with E-state index in [0.29, 0.717) is 5.69 Å². The Morgan fingerprint density at radius 3 is 2.21 bits per heavy atom. The van der Waals surface area contributed by atoms with Crippen LogP contribution in [-0.4, -0.2) is 36.2 Å². The number of amides is 2. The number of carbonyl (C=O) groups excluding carboxylic acids is 3. The highest BCUT2D eigenvalue weighted by Crippen LogP contribution is 2.12. The molecule has 2 amide bonds. The molecule has 7 nitrogen and oxygen atoms in total. The number of rotatable bonds is 5. The molecule has 0 fully saturated rings. The maximum atomic E-state index is 12.0. The van der Waals surface area contributed by atoms with Crippen LogP contribution in [-0.2, 0) is 14.3 Å². The molecule has 132 valence electrons. The minimum absolute atomic E-state index is 0.269. The van der Waals surface area contributed by atoms with Crippen LogP contribution >= 0.6 is 0 Å². The van der Waals surface area contributed by atoms with E-state index >= 15 is 0 Å². The summed E-state index contributed by atoms with van der Waals surface area (Å²) in [5.74, 6) is -0.981. The van der Waals surface area contributed by atoms with Crippen LogP contribution in [0.15, 0.2) is 24.3 Å². The third-order valence-corrected chi connectivity index (χ3v) is 2.79. The third-order valence-electron chi connectivity index (χ3n) is 2.79. The molecule has 0 aliphatic carbocycles. The summed E-state index contributed by atoms with van der Waals surface area (Å²) in [6, 6.07) is 6.09. The van der Waals surface area contributed by atoms with Crippen molar-refractivity contribution in [3.8, 4) is 0 Å². The van der Waals surface area contributed by atoms with Gasteiger partial charge in [-0.25, -0.2) is 9.59 Å². The first-order chi connectivity index (χ1) is 11.1. The number of nitrogens with one attached hydrogen (secondary N) is 2. The van der Waals surface area contributed by atoms with E-state index in [1.165, 1.54) is 19.1 Å². The van der Waals surface area contributed by atoms with Crippen LogP contribution in [0.4, 0.5) is 10.5 Å². The SMILES string of the molecule is CCOC(=O)Nc1ccc(C(=O)O[C@H](C)C(=O)NC(C)(C)C)cc1. The number of hydrogen-bond acceptors (Lipinski definition) is 5. The van der Waals surface area contributed by atoms with E-state index in [1.807, 2.05) is 20.8 Å². The first kappa shape index (κ1) is 19.5. The molecule has 1 rings (SSSR count). The number of benzene rings is 1. The zero-order valence-corrected chi connectivity index (χ0v) is 14.6. The van der Waals surface area contributed by atoms with Crippen LogP contribution in [0.25, 0.3) is 0 Å². The van der Waals surface area contributed by atoms with Gasteiger partial charge in [-0.3, -0.25) is 10.1 Å².